The summed E-state index contributed by atoms with van der Waals surface area (Å²) in [5, 5.41) is 0.906. The van der Waals surface area contributed by atoms with Crippen molar-refractivity contribution in [2.24, 2.45) is 5.92 Å². The van der Waals surface area contributed by atoms with Crippen LogP contribution >= 0.6 is 31.9 Å². The summed E-state index contributed by atoms with van der Waals surface area (Å²) in [7, 11) is 1.66. The van der Waals surface area contributed by atoms with Crippen molar-refractivity contribution < 1.29 is 9.53 Å². The topological polar surface area (TPSA) is 29.5 Å². The lowest BCUT2D eigenvalue weighted by atomic mass is 10.1. The van der Waals surface area contributed by atoms with Crippen LogP contribution in [-0.4, -0.2) is 36.3 Å². The Kier molecular flexibility index (Phi) is 5.28. The lowest BCUT2D eigenvalue weighted by Crippen LogP contribution is -2.27. The SMILES string of the molecule is COc1ccc(CCN2CC(CBr)CC2=O)cc1Br. The standard InChI is InChI=1S/C14H17Br2NO2/c1-19-13-3-2-10(6-12(13)16)4-5-17-9-11(8-15)7-14(17)18/h2-3,6,11H,4-5,7-9H2,1H3. The number of alkyl halides is 1. The minimum Gasteiger partial charge on any atom is -0.496 e. The number of halogens is 2. The summed E-state index contributed by atoms with van der Waals surface area (Å²) in [6, 6.07) is 6.06. The Hall–Kier alpha value is -0.550. The van der Waals surface area contributed by atoms with Crippen molar-refractivity contribution in [2.75, 3.05) is 25.5 Å². The van der Waals surface area contributed by atoms with Crippen LogP contribution in [0.15, 0.2) is 22.7 Å². The molecule has 0 spiro atoms. The first-order chi connectivity index (χ1) is 9.13. The second kappa shape index (κ2) is 6.75. The molecule has 0 bridgehead atoms. The summed E-state index contributed by atoms with van der Waals surface area (Å²) < 4.78 is 6.16. The van der Waals surface area contributed by atoms with E-state index in [0.717, 1.165) is 35.1 Å². The maximum absolute atomic E-state index is 11.8. The number of benzene rings is 1. The van der Waals surface area contributed by atoms with Crippen LogP contribution in [0.5, 0.6) is 5.75 Å². The molecule has 19 heavy (non-hydrogen) atoms. The van der Waals surface area contributed by atoms with Gasteiger partial charge in [-0.15, -0.1) is 0 Å². The van der Waals surface area contributed by atoms with E-state index in [1.807, 2.05) is 17.0 Å². The number of amides is 1. The van der Waals surface area contributed by atoms with E-state index in [9.17, 15) is 4.79 Å². The van der Waals surface area contributed by atoms with E-state index in [-0.39, 0.29) is 5.91 Å². The van der Waals surface area contributed by atoms with Gasteiger partial charge >= 0.3 is 0 Å². The largest absolute Gasteiger partial charge is 0.496 e. The lowest BCUT2D eigenvalue weighted by molar-refractivity contribution is -0.127. The molecule has 1 aromatic rings. The molecule has 3 nitrogen and oxygen atoms in total. The highest BCUT2D eigenvalue weighted by Crippen LogP contribution is 2.26. The Balaban J connectivity index is 1.92. The van der Waals surface area contributed by atoms with Crippen molar-refractivity contribution in [2.45, 2.75) is 12.8 Å². The molecule has 1 fully saturated rings. The van der Waals surface area contributed by atoms with Gasteiger partial charge in [-0.05, 0) is 46.0 Å². The van der Waals surface area contributed by atoms with Gasteiger partial charge in [0.25, 0.3) is 0 Å². The Morgan fingerprint density at radius 2 is 2.26 bits per heavy atom. The minimum atomic E-state index is 0.275. The van der Waals surface area contributed by atoms with Crippen molar-refractivity contribution in [3.8, 4) is 5.75 Å². The second-order valence-corrected chi connectivity index (χ2v) is 6.28. The fraction of sp³-hybridized carbons (Fsp3) is 0.500. The normalized spacial score (nSPS) is 19.0. The van der Waals surface area contributed by atoms with Crippen molar-refractivity contribution in [3.05, 3.63) is 28.2 Å². The van der Waals surface area contributed by atoms with Gasteiger partial charge in [0.05, 0.1) is 11.6 Å². The summed E-state index contributed by atoms with van der Waals surface area (Å²) in [6.07, 6.45) is 1.56. The van der Waals surface area contributed by atoms with E-state index < -0.39 is 0 Å². The predicted molar refractivity (Wildman–Crippen MR) is 82.9 cm³/mol. The number of rotatable bonds is 5. The molecule has 0 saturated carbocycles. The highest BCUT2D eigenvalue weighted by atomic mass is 79.9. The van der Waals surface area contributed by atoms with Gasteiger partial charge in [0, 0.05) is 24.8 Å². The van der Waals surface area contributed by atoms with Crippen molar-refractivity contribution in [3.63, 3.8) is 0 Å². The minimum absolute atomic E-state index is 0.275. The van der Waals surface area contributed by atoms with Crippen molar-refractivity contribution in [1.29, 1.82) is 0 Å². The zero-order valence-electron chi connectivity index (χ0n) is 10.9. The second-order valence-electron chi connectivity index (χ2n) is 4.78. The smallest absolute Gasteiger partial charge is 0.222 e. The predicted octanol–water partition coefficient (Wildman–Crippen LogP) is 3.24. The first kappa shape index (κ1) is 14.9. The molecule has 1 aliphatic rings. The van der Waals surface area contributed by atoms with Gasteiger partial charge < -0.3 is 9.64 Å². The molecule has 1 amide bonds. The molecule has 0 aromatic heterocycles. The number of hydrogen-bond acceptors (Lipinski definition) is 2. The highest BCUT2D eigenvalue weighted by molar-refractivity contribution is 9.10. The first-order valence-corrected chi connectivity index (χ1v) is 8.21. The fourth-order valence-corrected chi connectivity index (χ4v) is 3.32. The monoisotopic (exact) mass is 389 g/mol. The average molecular weight is 391 g/mol. The molecular weight excluding hydrogens is 374 g/mol. The van der Waals surface area contributed by atoms with Crippen LogP contribution in [0.1, 0.15) is 12.0 Å². The van der Waals surface area contributed by atoms with E-state index in [1.165, 1.54) is 5.56 Å². The van der Waals surface area contributed by atoms with Gasteiger partial charge in [-0.1, -0.05) is 22.0 Å². The molecule has 104 valence electrons. The number of methoxy groups -OCH3 is 1. The summed E-state index contributed by atoms with van der Waals surface area (Å²) >= 11 is 6.94. The Morgan fingerprint density at radius 1 is 1.47 bits per heavy atom. The van der Waals surface area contributed by atoms with E-state index in [4.69, 9.17) is 4.74 Å². The molecule has 1 aromatic carbocycles. The van der Waals surface area contributed by atoms with Gasteiger partial charge in [-0.3, -0.25) is 4.79 Å². The molecule has 2 rings (SSSR count). The molecule has 1 atom stereocenters. The molecule has 1 aliphatic heterocycles. The molecule has 1 heterocycles. The van der Waals surface area contributed by atoms with E-state index in [0.29, 0.717) is 12.3 Å². The fourth-order valence-electron chi connectivity index (χ4n) is 2.30. The number of carbonyl (C=O) groups is 1. The summed E-state index contributed by atoms with van der Waals surface area (Å²) in [4.78, 5) is 13.8. The maximum Gasteiger partial charge on any atom is 0.222 e. The summed E-state index contributed by atoms with van der Waals surface area (Å²) in [5.74, 6) is 1.58. The Morgan fingerprint density at radius 3 is 2.84 bits per heavy atom. The van der Waals surface area contributed by atoms with Crippen molar-refractivity contribution >= 4 is 37.8 Å². The van der Waals surface area contributed by atoms with Crippen LogP contribution < -0.4 is 4.74 Å². The van der Waals surface area contributed by atoms with Crippen LogP contribution in [-0.2, 0) is 11.2 Å². The van der Waals surface area contributed by atoms with Gasteiger partial charge in [-0.2, -0.15) is 0 Å². The molecule has 5 heteroatoms. The van der Waals surface area contributed by atoms with Crippen LogP contribution in [0.25, 0.3) is 0 Å². The number of hydrogen-bond donors (Lipinski definition) is 0. The zero-order chi connectivity index (χ0) is 13.8. The molecular formula is C14H17Br2NO2. The maximum atomic E-state index is 11.8. The van der Waals surface area contributed by atoms with E-state index in [1.54, 1.807) is 7.11 Å². The number of likely N-dealkylation sites (tertiary alicyclic amines) is 1. The summed E-state index contributed by atoms with van der Waals surface area (Å²) in [5.41, 5.74) is 1.21. The molecule has 1 saturated heterocycles. The number of ether oxygens (including phenoxy) is 1. The van der Waals surface area contributed by atoms with Gasteiger partial charge in [0.1, 0.15) is 5.75 Å². The molecule has 0 N–H and O–H groups in total. The lowest BCUT2D eigenvalue weighted by Gasteiger charge is -2.16. The third-order valence-electron chi connectivity index (χ3n) is 3.40. The third kappa shape index (κ3) is 3.72. The van der Waals surface area contributed by atoms with Crippen LogP contribution in [0.3, 0.4) is 0 Å². The van der Waals surface area contributed by atoms with Crippen LogP contribution in [0, 0.1) is 5.92 Å². The quantitative estimate of drug-likeness (QED) is 0.722. The Bertz CT molecular complexity index is 465. The van der Waals surface area contributed by atoms with E-state index in [2.05, 4.69) is 37.9 Å². The van der Waals surface area contributed by atoms with Crippen LogP contribution in [0.2, 0.25) is 0 Å². The van der Waals surface area contributed by atoms with Crippen molar-refractivity contribution in [1.82, 2.24) is 4.90 Å². The zero-order valence-corrected chi connectivity index (χ0v) is 14.0. The molecule has 0 aliphatic carbocycles. The van der Waals surface area contributed by atoms with E-state index >= 15 is 0 Å². The van der Waals surface area contributed by atoms with Gasteiger partial charge in [0.15, 0.2) is 0 Å². The Labute approximate surface area is 130 Å². The molecule has 1 unspecified atom stereocenters. The third-order valence-corrected chi connectivity index (χ3v) is 4.93. The van der Waals surface area contributed by atoms with Gasteiger partial charge in [-0.25, -0.2) is 0 Å². The highest BCUT2D eigenvalue weighted by Gasteiger charge is 2.28. The average Bonchev–Trinajstić information content (AvgIpc) is 2.77. The number of nitrogens with zero attached hydrogens (tertiary/aromatic N) is 1. The molecule has 0 radical (unpaired) electrons. The number of carbonyl (C=O) groups excluding carboxylic acids is 1. The first-order valence-electron chi connectivity index (χ1n) is 6.30. The van der Waals surface area contributed by atoms with Gasteiger partial charge in [0.2, 0.25) is 5.91 Å². The van der Waals surface area contributed by atoms with Crippen LogP contribution in [0.4, 0.5) is 0 Å². The summed E-state index contributed by atoms with van der Waals surface area (Å²) in [6.45, 7) is 1.67.